The fraction of sp³-hybridized carbons (Fsp3) is 0.146. The number of rotatable bonds is 13. The zero-order valence-corrected chi connectivity index (χ0v) is 29.8. The summed E-state index contributed by atoms with van der Waals surface area (Å²) in [6, 6.07) is 42.4. The van der Waals surface area contributed by atoms with Crippen LogP contribution < -0.4 is 20.3 Å². The minimum absolute atomic E-state index is 0.0687. The minimum Gasteiger partial charge on any atom is -0.479 e. The van der Waals surface area contributed by atoms with Crippen LogP contribution in [-0.4, -0.2) is 43.5 Å². The molecule has 2 heterocycles. The molecule has 1 aliphatic heterocycles. The van der Waals surface area contributed by atoms with E-state index in [2.05, 4.69) is 0 Å². The van der Waals surface area contributed by atoms with Gasteiger partial charge in [-0.3, -0.25) is 18.9 Å². The molecular weight excluding hydrogens is 730 g/mol. The Hall–Kier alpha value is -6.11. The zero-order chi connectivity index (χ0) is 38.6. The number of hydrogen-bond acceptors (Lipinski definition) is 9. The van der Waals surface area contributed by atoms with Crippen LogP contribution >= 0.6 is 7.82 Å². The molecule has 1 fully saturated rings. The molecule has 4 atom stereocenters. The smallest absolute Gasteiger partial charge is 0.479 e. The summed E-state index contributed by atoms with van der Waals surface area (Å²) in [6.45, 7) is 0. The molecule has 1 aliphatic rings. The van der Waals surface area contributed by atoms with Gasteiger partial charge in [-0.1, -0.05) is 127 Å². The molecule has 55 heavy (non-hydrogen) atoms. The van der Waals surface area contributed by atoms with Crippen molar-refractivity contribution >= 4 is 13.8 Å². The molecule has 14 heteroatoms. The average Bonchev–Trinajstić information content (AvgIpc) is 3.56. The summed E-state index contributed by atoms with van der Waals surface area (Å²) < 4.78 is 56.0. The number of carbonyl (C=O) groups is 1. The first-order valence-electron chi connectivity index (χ1n) is 17.1. The van der Waals surface area contributed by atoms with Crippen molar-refractivity contribution < 1.29 is 42.3 Å². The molecule has 280 valence electrons. The number of phosphoric ester groups is 1. The number of phosphoric acid groups is 1. The Labute approximate surface area is 313 Å². The van der Waals surface area contributed by atoms with Crippen molar-refractivity contribution in [1.29, 1.82) is 0 Å². The van der Waals surface area contributed by atoms with Gasteiger partial charge in [0.25, 0.3) is 5.56 Å². The zero-order valence-electron chi connectivity index (χ0n) is 28.9. The lowest BCUT2D eigenvalue weighted by molar-refractivity contribution is -0.174. The quantitative estimate of drug-likeness (QED) is 0.0877. The molecule has 1 unspecified atom stereocenters. The predicted octanol–water partition coefficient (Wildman–Crippen LogP) is 6.46. The number of halogens is 1. The lowest BCUT2D eigenvalue weighted by atomic mass is 9.63. The van der Waals surface area contributed by atoms with Gasteiger partial charge in [-0.25, -0.2) is 14.2 Å². The van der Waals surface area contributed by atoms with Gasteiger partial charge in [-0.2, -0.15) is 4.39 Å². The Morgan fingerprint density at radius 3 is 1.62 bits per heavy atom. The van der Waals surface area contributed by atoms with Crippen LogP contribution in [0.4, 0.5) is 4.39 Å². The van der Waals surface area contributed by atoms with Crippen LogP contribution in [0, 0.1) is 5.82 Å². The van der Waals surface area contributed by atoms with Crippen LogP contribution in [0.1, 0.15) is 29.3 Å². The number of aromatic amines is 1. The highest BCUT2D eigenvalue weighted by molar-refractivity contribution is 7.49. The van der Waals surface area contributed by atoms with Crippen LogP contribution in [0.15, 0.2) is 167 Å². The van der Waals surface area contributed by atoms with Gasteiger partial charge in [-0.15, -0.1) is 0 Å². The molecule has 0 bridgehead atoms. The number of carboxylic acid groups (broad SMARTS) is 1. The van der Waals surface area contributed by atoms with Crippen molar-refractivity contribution in [2.45, 2.75) is 35.9 Å². The molecule has 1 saturated heterocycles. The summed E-state index contributed by atoms with van der Waals surface area (Å²) in [7, 11) is -4.99. The summed E-state index contributed by atoms with van der Waals surface area (Å²) in [5.74, 6) is -3.02. The van der Waals surface area contributed by atoms with Crippen LogP contribution in [0.25, 0.3) is 0 Å². The maximum atomic E-state index is 15.4. The van der Waals surface area contributed by atoms with E-state index in [0.29, 0.717) is 27.5 Å². The number of carboxylic acids is 1. The van der Waals surface area contributed by atoms with Gasteiger partial charge in [0.1, 0.15) is 29.9 Å². The molecule has 6 aromatic rings. The van der Waals surface area contributed by atoms with Gasteiger partial charge >= 0.3 is 19.5 Å². The highest BCUT2D eigenvalue weighted by Crippen LogP contribution is 2.58. The number of H-pyrrole nitrogens is 1. The highest BCUT2D eigenvalue weighted by atomic mass is 31.2. The Bertz CT molecular complexity index is 2280. The topological polar surface area (TPSA) is 166 Å². The van der Waals surface area contributed by atoms with E-state index in [1.54, 1.807) is 127 Å². The van der Waals surface area contributed by atoms with Gasteiger partial charge in [0.15, 0.2) is 5.60 Å². The van der Waals surface area contributed by atoms with Gasteiger partial charge < -0.3 is 24.0 Å². The second-order valence-electron chi connectivity index (χ2n) is 12.8. The third-order valence-corrected chi connectivity index (χ3v) is 10.8. The SMILES string of the molecule is O=C(O)[C@]1(O)C[C@H](n2cc(F)c(=O)[nH]c2=O)O[C@@H]1C(OP(=O)(Oc1ccccc1)Oc1ccccc1)C(c1ccccc1)(c1ccccc1)c1ccccc1. The standard InChI is InChI=1S/C41H34FN2O10P/c42-33-27-44(39(48)43-37(33)45)34-26-40(49,38(46)47)35(51-34)36(54-55(50,52-31-22-12-4-13-23-31)53-32-24-14-5-15-25-32)41(28-16-6-1-7-17-28,29-18-8-2-9-19-29)30-20-10-3-11-21-30/h1-25,27,34-36,49H,26H2,(H,46,47)(H,43,45,48)/t34-,35-,36?,40+/m1/s1. The lowest BCUT2D eigenvalue weighted by Gasteiger charge is -2.46. The van der Waals surface area contributed by atoms with Crippen molar-refractivity contribution in [3.63, 3.8) is 0 Å². The Morgan fingerprint density at radius 2 is 1.20 bits per heavy atom. The molecule has 7 rings (SSSR count). The van der Waals surface area contributed by atoms with Crippen LogP contribution in [0.2, 0.25) is 0 Å². The van der Waals surface area contributed by atoms with Crippen LogP contribution in [0.3, 0.4) is 0 Å². The number of benzene rings is 5. The average molecular weight is 765 g/mol. The van der Waals surface area contributed by atoms with Gasteiger partial charge in [0.05, 0.1) is 11.6 Å². The van der Waals surface area contributed by atoms with E-state index in [1.165, 1.54) is 24.3 Å². The Kier molecular flexibility index (Phi) is 10.4. The molecular formula is C41H34FN2O10P. The van der Waals surface area contributed by atoms with Crippen molar-refractivity contribution in [2.75, 3.05) is 0 Å². The molecule has 0 amide bonds. The van der Waals surface area contributed by atoms with Gasteiger partial charge in [0.2, 0.25) is 5.82 Å². The first-order chi connectivity index (χ1) is 26.5. The number of aliphatic carboxylic acids is 1. The number of aromatic nitrogens is 2. The normalized spacial score (nSPS) is 19.0. The van der Waals surface area contributed by atoms with Crippen LogP contribution in [-0.2, 0) is 24.0 Å². The monoisotopic (exact) mass is 764 g/mol. The third-order valence-electron chi connectivity index (χ3n) is 9.42. The van der Waals surface area contributed by atoms with Crippen molar-refractivity contribution in [1.82, 2.24) is 9.55 Å². The Morgan fingerprint density at radius 1 is 0.782 bits per heavy atom. The molecule has 0 saturated carbocycles. The molecule has 0 radical (unpaired) electrons. The fourth-order valence-corrected chi connectivity index (χ4v) is 8.39. The summed E-state index contributed by atoms with van der Waals surface area (Å²) in [5.41, 5.74) is -5.62. The largest absolute Gasteiger partial charge is 0.587 e. The summed E-state index contributed by atoms with van der Waals surface area (Å²) in [5, 5.41) is 23.2. The maximum absolute atomic E-state index is 15.4. The van der Waals surface area contributed by atoms with E-state index < -0.39 is 66.7 Å². The number of nitrogens with one attached hydrogen (secondary N) is 1. The molecule has 3 N–H and O–H groups in total. The van der Waals surface area contributed by atoms with E-state index in [-0.39, 0.29) is 11.5 Å². The third kappa shape index (κ3) is 7.26. The summed E-state index contributed by atoms with van der Waals surface area (Å²) >= 11 is 0. The molecule has 12 nitrogen and oxygen atoms in total. The Balaban J connectivity index is 1.54. The number of ether oxygens (including phenoxy) is 1. The van der Waals surface area contributed by atoms with E-state index in [0.717, 1.165) is 0 Å². The molecule has 0 aliphatic carbocycles. The second kappa shape index (κ2) is 15.3. The molecule has 1 aromatic heterocycles. The van der Waals surface area contributed by atoms with E-state index >= 15 is 4.57 Å². The van der Waals surface area contributed by atoms with Crippen molar-refractivity contribution in [2.24, 2.45) is 0 Å². The number of aliphatic hydroxyl groups is 1. The number of nitrogens with zero attached hydrogens (tertiary/aromatic N) is 1. The summed E-state index contributed by atoms with van der Waals surface area (Å²) in [4.78, 5) is 40.2. The minimum atomic E-state index is -4.99. The highest BCUT2D eigenvalue weighted by Gasteiger charge is 2.64. The number of para-hydroxylation sites is 2. The maximum Gasteiger partial charge on any atom is 0.587 e. The van der Waals surface area contributed by atoms with E-state index in [4.69, 9.17) is 18.3 Å². The summed E-state index contributed by atoms with van der Waals surface area (Å²) in [6.07, 6.45) is -5.83. The van der Waals surface area contributed by atoms with Crippen molar-refractivity contribution in [3.8, 4) is 11.5 Å². The van der Waals surface area contributed by atoms with E-state index in [9.17, 15) is 29.0 Å². The van der Waals surface area contributed by atoms with E-state index in [1.807, 2.05) is 4.98 Å². The lowest BCUT2D eigenvalue weighted by Crippen LogP contribution is -2.59. The second-order valence-corrected chi connectivity index (χ2v) is 14.2. The fourth-order valence-electron chi connectivity index (χ4n) is 6.96. The van der Waals surface area contributed by atoms with Gasteiger partial charge in [-0.05, 0) is 41.0 Å². The first-order valence-corrected chi connectivity index (χ1v) is 18.6. The van der Waals surface area contributed by atoms with Crippen molar-refractivity contribution in [3.05, 3.63) is 201 Å². The number of hydrogen-bond donors (Lipinski definition) is 3. The van der Waals surface area contributed by atoms with Crippen LogP contribution in [0.5, 0.6) is 11.5 Å². The molecule has 5 aromatic carbocycles. The predicted molar refractivity (Wildman–Crippen MR) is 198 cm³/mol. The van der Waals surface area contributed by atoms with Gasteiger partial charge in [0, 0.05) is 6.42 Å². The first kappa shape index (κ1) is 37.2. The molecule has 0 spiro atoms.